The van der Waals surface area contributed by atoms with Gasteiger partial charge in [0.2, 0.25) is 5.91 Å². The molecule has 1 aromatic carbocycles. The van der Waals surface area contributed by atoms with Gasteiger partial charge in [0.05, 0.1) is 17.0 Å². The van der Waals surface area contributed by atoms with Crippen LogP contribution in [0.4, 0.5) is 5.69 Å². The summed E-state index contributed by atoms with van der Waals surface area (Å²) in [4.78, 5) is 33.2. The predicted molar refractivity (Wildman–Crippen MR) is 104 cm³/mol. The standard InChI is InChI=1S/C19H24N4O2S/c1-12(2)10-20-18(25)15-7-5-6-8-16(15)23-17(24)11-26-19-21-13(3)9-14(4)22-19/h5-9,12H,10-11H2,1-4H3,(H,20,25)(H,23,24). The van der Waals surface area contributed by atoms with Crippen LogP contribution in [0, 0.1) is 19.8 Å². The minimum Gasteiger partial charge on any atom is -0.352 e. The van der Waals surface area contributed by atoms with Crippen molar-refractivity contribution in [1.29, 1.82) is 0 Å². The molecule has 2 amide bonds. The van der Waals surface area contributed by atoms with E-state index in [4.69, 9.17) is 0 Å². The smallest absolute Gasteiger partial charge is 0.253 e. The summed E-state index contributed by atoms with van der Waals surface area (Å²) in [6.45, 7) is 8.43. The molecule has 0 aliphatic heterocycles. The van der Waals surface area contributed by atoms with E-state index in [-0.39, 0.29) is 17.6 Å². The molecule has 7 heteroatoms. The Hall–Kier alpha value is -2.41. The molecule has 0 saturated heterocycles. The summed E-state index contributed by atoms with van der Waals surface area (Å²) in [6, 6.07) is 8.87. The lowest BCUT2D eigenvalue weighted by Gasteiger charge is -2.12. The van der Waals surface area contributed by atoms with Gasteiger partial charge in [-0.2, -0.15) is 0 Å². The van der Waals surface area contributed by atoms with Crippen molar-refractivity contribution < 1.29 is 9.59 Å². The maximum absolute atomic E-state index is 12.3. The highest BCUT2D eigenvalue weighted by molar-refractivity contribution is 7.99. The Morgan fingerprint density at radius 1 is 1.12 bits per heavy atom. The summed E-state index contributed by atoms with van der Waals surface area (Å²) in [5, 5.41) is 6.24. The minimum atomic E-state index is -0.207. The number of nitrogens with one attached hydrogen (secondary N) is 2. The molecule has 2 aromatic rings. The number of hydrogen-bond acceptors (Lipinski definition) is 5. The van der Waals surface area contributed by atoms with Crippen LogP contribution in [0.3, 0.4) is 0 Å². The van der Waals surface area contributed by atoms with Gasteiger partial charge in [0.1, 0.15) is 0 Å². The minimum absolute atomic E-state index is 0.171. The number of carbonyl (C=O) groups excluding carboxylic acids is 2. The molecular formula is C19H24N4O2S. The van der Waals surface area contributed by atoms with E-state index in [9.17, 15) is 9.59 Å². The Kier molecular flexibility index (Phi) is 7.15. The molecule has 6 nitrogen and oxygen atoms in total. The molecule has 0 bridgehead atoms. The number of rotatable bonds is 7. The maximum atomic E-state index is 12.3. The first kappa shape index (κ1) is 19.9. The van der Waals surface area contributed by atoms with Gasteiger partial charge in [-0.3, -0.25) is 9.59 Å². The lowest BCUT2D eigenvalue weighted by Crippen LogP contribution is -2.28. The molecule has 0 radical (unpaired) electrons. The van der Waals surface area contributed by atoms with Gasteiger partial charge in [0, 0.05) is 17.9 Å². The van der Waals surface area contributed by atoms with Gasteiger partial charge >= 0.3 is 0 Å². The molecule has 2 N–H and O–H groups in total. The fourth-order valence-corrected chi connectivity index (χ4v) is 3.01. The number of nitrogens with zero attached hydrogens (tertiary/aromatic N) is 2. The van der Waals surface area contributed by atoms with Crippen LogP contribution < -0.4 is 10.6 Å². The molecule has 0 aliphatic rings. The number of anilines is 1. The van der Waals surface area contributed by atoms with E-state index < -0.39 is 0 Å². The third-order valence-corrected chi connectivity index (χ3v) is 4.26. The number of para-hydroxylation sites is 1. The van der Waals surface area contributed by atoms with Crippen LogP contribution >= 0.6 is 11.8 Å². The van der Waals surface area contributed by atoms with Crippen LogP contribution in [0.2, 0.25) is 0 Å². The van der Waals surface area contributed by atoms with Gasteiger partial charge in [-0.1, -0.05) is 37.7 Å². The number of amides is 2. The van der Waals surface area contributed by atoms with Gasteiger partial charge in [-0.15, -0.1) is 0 Å². The summed E-state index contributed by atoms with van der Waals surface area (Å²) in [5.74, 6) is 0.127. The highest BCUT2D eigenvalue weighted by atomic mass is 32.2. The SMILES string of the molecule is Cc1cc(C)nc(SCC(=O)Nc2ccccc2C(=O)NCC(C)C)n1. The molecule has 0 saturated carbocycles. The first-order valence-electron chi connectivity index (χ1n) is 8.47. The van der Waals surface area contributed by atoms with Crippen molar-refractivity contribution in [1.82, 2.24) is 15.3 Å². The van der Waals surface area contributed by atoms with Crippen molar-refractivity contribution in [2.24, 2.45) is 5.92 Å². The van der Waals surface area contributed by atoms with E-state index in [1.807, 2.05) is 33.8 Å². The molecule has 138 valence electrons. The monoisotopic (exact) mass is 372 g/mol. The van der Waals surface area contributed by atoms with Crippen molar-refractivity contribution >= 4 is 29.3 Å². The molecule has 0 aliphatic carbocycles. The number of carbonyl (C=O) groups is 2. The van der Waals surface area contributed by atoms with E-state index in [0.717, 1.165) is 11.4 Å². The van der Waals surface area contributed by atoms with Crippen LogP contribution in [0.5, 0.6) is 0 Å². The Balaban J connectivity index is 1.99. The van der Waals surface area contributed by atoms with Crippen LogP contribution in [-0.4, -0.2) is 34.1 Å². The van der Waals surface area contributed by atoms with Crippen LogP contribution in [0.25, 0.3) is 0 Å². The summed E-state index contributed by atoms with van der Waals surface area (Å²) in [6.07, 6.45) is 0. The molecule has 0 fully saturated rings. The molecule has 1 heterocycles. The van der Waals surface area contributed by atoms with Crippen LogP contribution in [-0.2, 0) is 4.79 Å². The lowest BCUT2D eigenvalue weighted by molar-refractivity contribution is -0.113. The summed E-state index contributed by atoms with van der Waals surface area (Å²) in [7, 11) is 0. The maximum Gasteiger partial charge on any atom is 0.253 e. The van der Waals surface area contributed by atoms with Gasteiger partial charge in [-0.25, -0.2) is 9.97 Å². The third-order valence-electron chi connectivity index (χ3n) is 3.41. The van der Waals surface area contributed by atoms with Crippen LogP contribution in [0.15, 0.2) is 35.5 Å². The molecule has 0 spiro atoms. The second-order valence-corrected chi connectivity index (χ2v) is 7.36. The van der Waals surface area contributed by atoms with E-state index in [1.54, 1.807) is 24.3 Å². The molecule has 26 heavy (non-hydrogen) atoms. The Bertz CT molecular complexity index is 773. The number of aromatic nitrogens is 2. The largest absolute Gasteiger partial charge is 0.352 e. The van der Waals surface area contributed by atoms with E-state index in [0.29, 0.717) is 28.9 Å². The van der Waals surface area contributed by atoms with Crippen molar-refractivity contribution in [2.45, 2.75) is 32.9 Å². The highest BCUT2D eigenvalue weighted by Gasteiger charge is 2.14. The quantitative estimate of drug-likeness (QED) is 0.576. The molecule has 0 unspecified atom stereocenters. The number of thioether (sulfide) groups is 1. The van der Waals surface area contributed by atoms with E-state index >= 15 is 0 Å². The second-order valence-electron chi connectivity index (χ2n) is 6.42. The molecule has 1 aromatic heterocycles. The van der Waals surface area contributed by atoms with Crippen LogP contribution in [0.1, 0.15) is 35.6 Å². The average Bonchev–Trinajstić information content (AvgIpc) is 2.57. The van der Waals surface area contributed by atoms with Crippen molar-refractivity contribution in [3.63, 3.8) is 0 Å². The fraction of sp³-hybridized carbons (Fsp3) is 0.368. The van der Waals surface area contributed by atoms with E-state index in [2.05, 4.69) is 20.6 Å². The van der Waals surface area contributed by atoms with Crippen molar-refractivity contribution in [3.8, 4) is 0 Å². The number of hydrogen-bond donors (Lipinski definition) is 2. The topological polar surface area (TPSA) is 84.0 Å². The summed E-state index contributed by atoms with van der Waals surface area (Å²) >= 11 is 1.27. The Morgan fingerprint density at radius 3 is 2.42 bits per heavy atom. The molecule has 2 rings (SSSR count). The van der Waals surface area contributed by atoms with Gasteiger partial charge in [0.15, 0.2) is 5.16 Å². The Morgan fingerprint density at radius 2 is 1.77 bits per heavy atom. The zero-order valence-electron chi connectivity index (χ0n) is 15.5. The Labute approximate surface area is 158 Å². The number of aryl methyl sites for hydroxylation is 2. The highest BCUT2D eigenvalue weighted by Crippen LogP contribution is 2.18. The van der Waals surface area contributed by atoms with Crippen molar-refractivity contribution in [3.05, 3.63) is 47.3 Å². The lowest BCUT2D eigenvalue weighted by atomic mass is 10.1. The average molecular weight is 372 g/mol. The predicted octanol–water partition coefficient (Wildman–Crippen LogP) is 3.21. The first-order chi connectivity index (χ1) is 12.3. The number of benzene rings is 1. The van der Waals surface area contributed by atoms with E-state index in [1.165, 1.54) is 11.8 Å². The molecule has 0 atom stereocenters. The fourth-order valence-electron chi connectivity index (χ4n) is 2.26. The van der Waals surface area contributed by atoms with Gasteiger partial charge in [0.25, 0.3) is 5.91 Å². The van der Waals surface area contributed by atoms with Gasteiger partial charge < -0.3 is 10.6 Å². The molecular weight excluding hydrogens is 348 g/mol. The van der Waals surface area contributed by atoms with Gasteiger partial charge in [-0.05, 0) is 38.0 Å². The summed E-state index contributed by atoms with van der Waals surface area (Å²) < 4.78 is 0. The second kappa shape index (κ2) is 9.33. The normalized spacial score (nSPS) is 10.7. The zero-order chi connectivity index (χ0) is 19.1. The zero-order valence-corrected chi connectivity index (χ0v) is 16.3. The summed E-state index contributed by atoms with van der Waals surface area (Å²) in [5.41, 5.74) is 2.69. The third kappa shape index (κ3) is 6.15. The first-order valence-corrected chi connectivity index (χ1v) is 9.46. The van der Waals surface area contributed by atoms with Crippen molar-refractivity contribution in [2.75, 3.05) is 17.6 Å².